The maximum Gasteiger partial charge on any atom is 0.225 e. The van der Waals surface area contributed by atoms with Gasteiger partial charge in [0, 0.05) is 53.2 Å². The maximum atomic E-state index is 12.2. The molecule has 1 atom stereocenters. The quantitative estimate of drug-likeness (QED) is 0.735. The van der Waals surface area contributed by atoms with Crippen molar-refractivity contribution in [2.45, 2.75) is 32.0 Å². The summed E-state index contributed by atoms with van der Waals surface area (Å²) in [6.45, 7) is 6.26. The van der Waals surface area contributed by atoms with E-state index in [4.69, 9.17) is 9.47 Å². The fraction of sp³-hybridized carbons (Fsp3) is 0.750. The first-order chi connectivity index (χ1) is 11.0. The SMILES string of the molecule is CCn1ccnc1CN1CCOC(COC)(CC(=O)N(C)C)C1. The Morgan fingerprint density at radius 1 is 1.52 bits per heavy atom. The molecule has 0 aliphatic carbocycles. The zero-order valence-electron chi connectivity index (χ0n) is 14.6. The van der Waals surface area contributed by atoms with E-state index in [1.807, 2.05) is 12.4 Å². The van der Waals surface area contributed by atoms with E-state index in [2.05, 4.69) is 21.4 Å². The minimum atomic E-state index is -0.585. The highest BCUT2D eigenvalue weighted by molar-refractivity contribution is 5.76. The molecule has 7 nitrogen and oxygen atoms in total. The first-order valence-corrected chi connectivity index (χ1v) is 8.05. The standard InChI is InChI=1S/C16H28N4O3/c1-5-20-7-6-17-14(20)11-19-8-9-23-16(12-19,13-22-4)10-15(21)18(2)3/h6-7H,5,8-13H2,1-4H3. The Labute approximate surface area is 138 Å². The van der Waals surface area contributed by atoms with E-state index in [0.717, 1.165) is 25.5 Å². The number of hydrogen-bond donors (Lipinski definition) is 0. The highest BCUT2D eigenvalue weighted by atomic mass is 16.5. The van der Waals surface area contributed by atoms with Crippen molar-refractivity contribution in [2.24, 2.45) is 0 Å². The molecule has 0 radical (unpaired) electrons. The normalized spacial score (nSPS) is 22.3. The van der Waals surface area contributed by atoms with E-state index in [1.54, 1.807) is 26.1 Å². The number of aromatic nitrogens is 2. The Morgan fingerprint density at radius 2 is 2.30 bits per heavy atom. The van der Waals surface area contributed by atoms with Crippen LogP contribution in [0.25, 0.3) is 0 Å². The van der Waals surface area contributed by atoms with Gasteiger partial charge in [0.05, 0.1) is 26.2 Å². The smallest absolute Gasteiger partial charge is 0.225 e. The molecule has 0 N–H and O–H groups in total. The van der Waals surface area contributed by atoms with Crippen LogP contribution >= 0.6 is 0 Å². The Balaban J connectivity index is 2.07. The van der Waals surface area contributed by atoms with E-state index < -0.39 is 5.60 Å². The van der Waals surface area contributed by atoms with E-state index in [9.17, 15) is 4.79 Å². The van der Waals surface area contributed by atoms with Gasteiger partial charge in [-0.3, -0.25) is 9.69 Å². The van der Waals surface area contributed by atoms with Crippen LogP contribution in [-0.4, -0.2) is 78.4 Å². The van der Waals surface area contributed by atoms with Gasteiger partial charge in [-0.2, -0.15) is 0 Å². The molecule has 1 aliphatic rings. The molecule has 1 aromatic rings. The Bertz CT molecular complexity index is 513. The summed E-state index contributed by atoms with van der Waals surface area (Å²) in [5, 5.41) is 0. The second kappa shape index (κ2) is 7.90. The summed E-state index contributed by atoms with van der Waals surface area (Å²) in [4.78, 5) is 20.5. The first-order valence-electron chi connectivity index (χ1n) is 8.05. The van der Waals surface area contributed by atoms with Gasteiger partial charge in [0.15, 0.2) is 0 Å². The van der Waals surface area contributed by atoms with Gasteiger partial charge in [-0.25, -0.2) is 4.98 Å². The number of carbonyl (C=O) groups is 1. The van der Waals surface area contributed by atoms with Crippen LogP contribution in [0, 0.1) is 0 Å². The summed E-state index contributed by atoms with van der Waals surface area (Å²) in [5.74, 6) is 1.10. The number of hydrogen-bond acceptors (Lipinski definition) is 5. The fourth-order valence-electron chi connectivity index (χ4n) is 2.98. The molecule has 0 saturated carbocycles. The lowest BCUT2D eigenvalue weighted by molar-refractivity contribution is -0.160. The van der Waals surface area contributed by atoms with Gasteiger partial charge in [0.1, 0.15) is 11.4 Å². The second-order valence-corrected chi connectivity index (χ2v) is 6.27. The second-order valence-electron chi connectivity index (χ2n) is 6.27. The molecular weight excluding hydrogens is 296 g/mol. The summed E-state index contributed by atoms with van der Waals surface area (Å²) in [5.41, 5.74) is -0.585. The van der Waals surface area contributed by atoms with Crippen molar-refractivity contribution in [1.29, 1.82) is 0 Å². The highest BCUT2D eigenvalue weighted by Gasteiger charge is 2.39. The molecule has 1 fully saturated rings. The number of rotatable bonds is 7. The van der Waals surface area contributed by atoms with Crippen LogP contribution in [0.3, 0.4) is 0 Å². The Morgan fingerprint density at radius 3 is 2.96 bits per heavy atom. The van der Waals surface area contributed by atoms with E-state index in [-0.39, 0.29) is 5.91 Å². The summed E-state index contributed by atoms with van der Waals surface area (Å²) in [6.07, 6.45) is 4.15. The zero-order valence-corrected chi connectivity index (χ0v) is 14.6. The number of amides is 1. The van der Waals surface area contributed by atoms with E-state index in [0.29, 0.717) is 26.2 Å². The summed E-state index contributed by atoms with van der Waals surface area (Å²) >= 11 is 0. The van der Waals surface area contributed by atoms with Crippen molar-refractivity contribution in [3.63, 3.8) is 0 Å². The maximum absolute atomic E-state index is 12.2. The van der Waals surface area contributed by atoms with Gasteiger partial charge in [0.2, 0.25) is 5.91 Å². The molecule has 1 aliphatic heterocycles. The third-order valence-corrected chi connectivity index (χ3v) is 4.21. The lowest BCUT2D eigenvalue weighted by Crippen LogP contribution is -2.56. The number of imidazole rings is 1. The van der Waals surface area contributed by atoms with Crippen LogP contribution in [0.1, 0.15) is 19.2 Å². The predicted molar refractivity (Wildman–Crippen MR) is 87.0 cm³/mol. The molecule has 2 heterocycles. The third-order valence-electron chi connectivity index (χ3n) is 4.21. The molecule has 1 saturated heterocycles. The van der Waals surface area contributed by atoms with Crippen molar-refractivity contribution >= 4 is 5.91 Å². The monoisotopic (exact) mass is 324 g/mol. The average molecular weight is 324 g/mol. The first kappa shape index (κ1) is 17.9. The summed E-state index contributed by atoms with van der Waals surface area (Å²) in [6, 6.07) is 0. The minimum Gasteiger partial charge on any atom is -0.382 e. The number of morpholine rings is 1. The van der Waals surface area contributed by atoms with Gasteiger partial charge in [-0.05, 0) is 6.92 Å². The number of nitrogens with zero attached hydrogens (tertiary/aromatic N) is 4. The lowest BCUT2D eigenvalue weighted by Gasteiger charge is -2.42. The van der Waals surface area contributed by atoms with Crippen molar-refractivity contribution < 1.29 is 14.3 Å². The van der Waals surface area contributed by atoms with Crippen LogP contribution in [0.4, 0.5) is 0 Å². The Kier molecular flexibility index (Phi) is 6.15. The van der Waals surface area contributed by atoms with E-state index in [1.165, 1.54) is 0 Å². The largest absolute Gasteiger partial charge is 0.382 e. The fourth-order valence-corrected chi connectivity index (χ4v) is 2.98. The topological polar surface area (TPSA) is 59.8 Å². The van der Waals surface area contributed by atoms with Crippen LogP contribution in [0.15, 0.2) is 12.4 Å². The zero-order chi connectivity index (χ0) is 16.9. The molecular formula is C16H28N4O3. The van der Waals surface area contributed by atoms with Crippen molar-refractivity contribution in [2.75, 3.05) is 47.5 Å². The molecule has 0 spiro atoms. The molecule has 0 aromatic carbocycles. The molecule has 7 heteroatoms. The van der Waals surface area contributed by atoms with E-state index >= 15 is 0 Å². The van der Waals surface area contributed by atoms with Gasteiger partial charge < -0.3 is 18.9 Å². The molecule has 1 amide bonds. The summed E-state index contributed by atoms with van der Waals surface area (Å²) in [7, 11) is 5.18. The minimum absolute atomic E-state index is 0.0546. The van der Waals surface area contributed by atoms with Gasteiger partial charge in [-0.1, -0.05) is 0 Å². The van der Waals surface area contributed by atoms with Crippen LogP contribution in [-0.2, 0) is 27.4 Å². The number of methoxy groups -OCH3 is 1. The third kappa shape index (κ3) is 4.53. The Hall–Kier alpha value is -1.44. The molecule has 2 rings (SSSR count). The van der Waals surface area contributed by atoms with Crippen molar-refractivity contribution in [1.82, 2.24) is 19.4 Å². The molecule has 0 bridgehead atoms. The van der Waals surface area contributed by atoms with Crippen LogP contribution in [0.5, 0.6) is 0 Å². The highest BCUT2D eigenvalue weighted by Crippen LogP contribution is 2.24. The van der Waals surface area contributed by atoms with Crippen molar-refractivity contribution in [3.8, 4) is 0 Å². The number of ether oxygens (including phenoxy) is 2. The van der Waals surface area contributed by atoms with Gasteiger partial charge in [-0.15, -0.1) is 0 Å². The molecule has 130 valence electrons. The molecule has 23 heavy (non-hydrogen) atoms. The van der Waals surface area contributed by atoms with Gasteiger partial charge >= 0.3 is 0 Å². The van der Waals surface area contributed by atoms with Crippen LogP contribution in [0.2, 0.25) is 0 Å². The molecule has 1 unspecified atom stereocenters. The molecule has 1 aromatic heterocycles. The predicted octanol–water partition coefficient (Wildman–Crippen LogP) is 0.599. The van der Waals surface area contributed by atoms with Gasteiger partial charge in [0.25, 0.3) is 0 Å². The van der Waals surface area contributed by atoms with Crippen LogP contribution < -0.4 is 0 Å². The lowest BCUT2D eigenvalue weighted by atomic mass is 9.97. The average Bonchev–Trinajstić information content (AvgIpc) is 2.94. The number of carbonyl (C=O) groups excluding carboxylic acids is 1. The summed E-state index contributed by atoms with van der Waals surface area (Å²) < 4.78 is 13.5. The van der Waals surface area contributed by atoms with Crippen molar-refractivity contribution in [3.05, 3.63) is 18.2 Å². The number of aryl methyl sites for hydroxylation is 1.